The molecule has 2 aliphatic rings. The molecule has 0 N–H and O–H groups in total. The van der Waals surface area contributed by atoms with Crippen LogP contribution in [0.3, 0.4) is 0 Å². The molecule has 1 saturated carbocycles. The van der Waals surface area contributed by atoms with E-state index in [1.165, 1.54) is 18.2 Å². The molecule has 0 unspecified atom stereocenters. The number of ketones is 1. The summed E-state index contributed by atoms with van der Waals surface area (Å²) in [6, 6.07) is 6.20. The van der Waals surface area contributed by atoms with E-state index in [0.29, 0.717) is 30.9 Å². The molecule has 0 aromatic heterocycles. The number of hydrogen-bond donors (Lipinski definition) is 0. The van der Waals surface area contributed by atoms with Crippen molar-refractivity contribution in [3.63, 3.8) is 0 Å². The molecule has 1 aliphatic heterocycles. The number of Topliss-reactive ketones (excluding diaryl/α,β-unsaturated/α-hetero) is 1. The molecular formula is C15H15N3O4. The van der Waals surface area contributed by atoms with E-state index in [2.05, 4.69) is 0 Å². The van der Waals surface area contributed by atoms with E-state index in [0.717, 1.165) is 12.8 Å². The minimum absolute atomic E-state index is 0.0643. The van der Waals surface area contributed by atoms with Crippen molar-refractivity contribution in [3.05, 3.63) is 33.9 Å². The fraction of sp³-hybridized carbons (Fsp3) is 0.467. The topological polar surface area (TPSA) is 96.5 Å². The van der Waals surface area contributed by atoms with Crippen molar-refractivity contribution in [3.8, 4) is 6.07 Å². The van der Waals surface area contributed by atoms with Gasteiger partial charge in [0.05, 0.1) is 29.3 Å². The zero-order valence-electron chi connectivity index (χ0n) is 11.9. The lowest BCUT2D eigenvalue weighted by molar-refractivity contribution is -0.384. The molecule has 114 valence electrons. The second kappa shape index (κ2) is 5.73. The Morgan fingerprint density at radius 3 is 2.86 bits per heavy atom. The highest BCUT2D eigenvalue weighted by Crippen LogP contribution is 2.33. The number of nitrogens with zero attached hydrogens (tertiary/aromatic N) is 3. The van der Waals surface area contributed by atoms with Crippen LogP contribution >= 0.6 is 0 Å². The van der Waals surface area contributed by atoms with Crippen LogP contribution in [0, 0.1) is 27.4 Å². The first kappa shape index (κ1) is 14.5. The lowest BCUT2D eigenvalue weighted by Gasteiger charge is -2.34. The van der Waals surface area contributed by atoms with E-state index in [9.17, 15) is 20.2 Å². The summed E-state index contributed by atoms with van der Waals surface area (Å²) in [4.78, 5) is 24.4. The summed E-state index contributed by atoms with van der Waals surface area (Å²) in [6.07, 6.45) is 1.32. The molecule has 7 heteroatoms. The van der Waals surface area contributed by atoms with Crippen molar-refractivity contribution in [1.29, 1.82) is 5.26 Å². The minimum atomic E-state index is -0.507. The van der Waals surface area contributed by atoms with Gasteiger partial charge in [-0.05, 0) is 18.9 Å². The summed E-state index contributed by atoms with van der Waals surface area (Å²) in [6.45, 7) is 1.21. The maximum absolute atomic E-state index is 12.1. The Bertz CT molecular complexity index is 663. The van der Waals surface area contributed by atoms with Crippen LogP contribution < -0.4 is 4.90 Å². The first-order valence-electron chi connectivity index (χ1n) is 7.19. The van der Waals surface area contributed by atoms with Crippen LogP contribution in [0.1, 0.15) is 18.4 Å². The predicted molar refractivity (Wildman–Crippen MR) is 77.5 cm³/mol. The molecular weight excluding hydrogens is 286 g/mol. The van der Waals surface area contributed by atoms with Crippen molar-refractivity contribution in [2.45, 2.75) is 18.9 Å². The standard InChI is InChI=1S/C15H15N3O4/c16-8-11-3-4-12(18(20)21)7-13(11)17-5-6-22-14(9-17)15(19)10-1-2-10/h3-4,7,10,14H,1-2,5-6,9H2/t14-/m0/s1. The summed E-state index contributed by atoms with van der Waals surface area (Å²) in [5.74, 6) is 0.208. The Balaban J connectivity index is 1.85. The van der Waals surface area contributed by atoms with Crippen LogP contribution in [0.5, 0.6) is 0 Å². The molecule has 0 spiro atoms. The zero-order chi connectivity index (χ0) is 15.7. The number of rotatable bonds is 4. The highest BCUT2D eigenvalue weighted by molar-refractivity contribution is 5.88. The van der Waals surface area contributed by atoms with Crippen LogP contribution in [0.4, 0.5) is 11.4 Å². The molecule has 3 rings (SSSR count). The van der Waals surface area contributed by atoms with Crippen LogP contribution in [0.25, 0.3) is 0 Å². The Morgan fingerprint density at radius 2 is 2.23 bits per heavy atom. The van der Waals surface area contributed by atoms with Gasteiger partial charge in [-0.3, -0.25) is 14.9 Å². The minimum Gasteiger partial charge on any atom is -0.367 e. The monoisotopic (exact) mass is 301 g/mol. The van der Waals surface area contributed by atoms with Crippen molar-refractivity contribution >= 4 is 17.2 Å². The first-order chi connectivity index (χ1) is 10.6. The molecule has 0 bridgehead atoms. The number of anilines is 1. The summed E-state index contributed by atoms with van der Waals surface area (Å²) < 4.78 is 5.54. The van der Waals surface area contributed by atoms with Crippen molar-refractivity contribution < 1.29 is 14.5 Å². The molecule has 1 aromatic carbocycles. The third kappa shape index (κ3) is 2.78. The maximum Gasteiger partial charge on any atom is 0.271 e. The van der Waals surface area contributed by atoms with E-state index in [1.54, 1.807) is 0 Å². The molecule has 0 radical (unpaired) electrons. The van der Waals surface area contributed by atoms with E-state index in [-0.39, 0.29) is 17.4 Å². The summed E-state index contributed by atoms with van der Waals surface area (Å²) >= 11 is 0. The first-order valence-corrected chi connectivity index (χ1v) is 7.19. The van der Waals surface area contributed by atoms with Gasteiger partial charge in [-0.15, -0.1) is 0 Å². The number of non-ortho nitro benzene ring substituents is 1. The predicted octanol–water partition coefficient (Wildman–Crippen LogP) is 1.65. The molecule has 2 fully saturated rings. The molecule has 1 aromatic rings. The number of morpholine rings is 1. The average Bonchev–Trinajstić information content (AvgIpc) is 3.38. The van der Waals surface area contributed by atoms with E-state index in [4.69, 9.17) is 4.74 Å². The molecule has 0 amide bonds. The number of carbonyl (C=O) groups is 1. The normalized spacial score (nSPS) is 21.2. The second-order valence-corrected chi connectivity index (χ2v) is 5.55. The van der Waals surface area contributed by atoms with Crippen LogP contribution in [-0.2, 0) is 9.53 Å². The van der Waals surface area contributed by atoms with Gasteiger partial charge < -0.3 is 9.64 Å². The Morgan fingerprint density at radius 1 is 1.45 bits per heavy atom. The van der Waals surface area contributed by atoms with Gasteiger partial charge in [0.2, 0.25) is 0 Å². The SMILES string of the molecule is N#Cc1ccc([N+](=O)[O-])cc1N1CCO[C@H](C(=O)C2CC2)C1. The fourth-order valence-corrected chi connectivity index (χ4v) is 2.66. The van der Waals surface area contributed by atoms with Crippen LogP contribution in [0.15, 0.2) is 18.2 Å². The van der Waals surface area contributed by atoms with Gasteiger partial charge in [0.15, 0.2) is 5.78 Å². The highest BCUT2D eigenvalue weighted by Gasteiger charge is 2.38. The number of ether oxygens (including phenoxy) is 1. The smallest absolute Gasteiger partial charge is 0.271 e. The zero-order valence-corrected chi connectivity index (χ0v) is 11.9. The fourth-order valence-electron chi connectivity index (χ4n) is 2.66. The number of hydrogen-bond acceptors (Lipinski definition) is 6. The lowest BCUT2D eigenvalue weighted by atomic mass is 10.1. The summed E-state index contributed by atoms with van der Waals surface area (Å²) in [5.41, 5.74) is 0.796. The molecule has 1 heterocycles. The van der Waals surface area contributed by atoms with Crippen molar-refractivity contribution in [1.82, 2.24) is 0 Å². The molecule has 1 atom stereocenters. The van der Waals surface area contributed by atoms with E-state index >= 15 is 0 Å². The van der Waals surface area contributed by atoms with E-state index in [1.807, 2.05) is 11.0 Å². The number of benzene rings is 1. The van der Waals surface area contributed by atoms with Gasteiger partial charge >= 0.3 is 0 Å². The number of carbonyl (C=O) groups excluding carboxylic acids is 1. The van der Waals surface area contributed by atoms with Crippen LogP contribution in [-0.4, -0.2) is 36.5 Å². The molecule has 1 aliphatic carbocycles. The number of nitro groups is 1. The van der Waals surface area contributed by atoms with Gasteiger partial charge in [0.25, 0.3) is 5.69 Å². The molecule has 1 saturated heterocycles. The molecule has 7 nitrogen and oxygen atoms in total. The lowest BCUT2D eigenvalue weighted by Crippen LogP contribution is -2.47. The Kier molecular flexibility index (Phi) is 3.77. The van der Waals surface area contributed by atoms with Gasteiger partial charge in [0, 0.05) is 24.6 Å². The largest absolute Gasteiger partial charge is 0.367 e. The average molecular weight is 301 g/mol. The van der Waals surface area contributed by atoms with Crippen molar-refractivity contribution in [2.24, 2.45) is 5.92 Å². The Labute approximate surface area is 127 Å². The summed E-state index contributed by atoms with van der Waals surface area (Å²) in [7, 11) is 0. The van der Waals surface area contributed by atoms with Gasteiger partial charge in [-0.2, -0.15) is 5.26 Å². The number of nitro benzene ring substituents is 1. The highest BCUT2D eigenvalue weighted by atomic mass is 16.6. The number of nitriles is 1. The second-order valence-electron chi connectivity index (χ2n) is 5.55. The maximum atomic E-state index is 12.1. The van der Waals surface area contributed by atoms with Gasteiger partial charge in [-0.1, -0.05) is 0 Å². The van der Waals surface area contributed by atoms with Gasteiger partial charge in [0.1, 0.15) is 12.2 Å². The van der Waals surface area contributed by atoms with Crippen LogP contribution in [0.2, 0.25) is 0 Å². The molecule has 22 heavy (non-hydrogen) atoms. The van der Waals surface area contributed by atoms with Gasteiger partial charge in [-0.25, -0.2) is 0 Å². The van der Waals surface area contributed by atoms with E-state index < -0.39 is 11.0 Å². The Hall–Kier alpha value is -2.46. The third-order valence-electron chi connectivity index (χ3n) is 4.02. The summed E-state index contributed by atoms with van der Waals surface area (Å²) in [5, 5.41) is 20.1. The quantitative estimate of drug-likeness (QED) is 0.619. The third-order valence-corrected chi connectivity index (χ3v) is 4.02. The van der Waals surface area contributed by atoms with Crippen molar-refractivity contribution in [2.75, 3.05) is 24.6 Å².